The number of nitrogens with one attached hydrogen (secondary N) is 1. The van der Waals surface area contributed by atoms with E-state index >= 15 is 0 Å². The van der Waals surface area contributed by atoms with Crippen molar-refractivity contribution in [2.24, 2.45) is 5.92 Å². The second-order valence-corrected chi connectivity index (χ2v) is 6.53. The maximum atomic E-state index is 12.4. The minimum absolute atomic E-state index is 0.0752. The predicted molar refractivity (Wildman–Crippen MR) is 81.4 cm³/mol. The van der Waals surface area contributed by atoms with Crippen LogP contribution in [-0.4, -0.2) is 57.6 Å². The van der Waals surface area contributed by atoms with E-state index in [-0.39, 0.29) is 17.9 Å². The molecular weight excluding hydrogens is 298 g/mol. The van der Waals surface area contributed by atoms with Gasteiger partial charge >= 0.3 is 6.03 Å². The Morgan fingerprint density at radius 2 is 2.22 bits per heavy atom. The Kier molecular flexibility index (Phi) is 4.09. The number of aryl methyl sites for hydroxylation is 1. The van der Waals surface area contributed by atoms with Crippen molar-refractivity contribution in [3.8, 4) is 0 Å². The van der Waals surface area contributed by atoms with E-state index in [2.05, 4.69) is 20.4 Å². The Hall–Kier alpha value is -1.96. The van der Waals surface area contributed by atoms with Crippen LogP contribution in [0.15, 0.2) is 4.52 Å². The summed E-state index contributed by atoms with van der Waals surface area (Å²) in [5.74, 6) is 1.23. The highest BCUT2D eigenvalue weighted by Gasteiger charge is 2.51. The number of hydrogen-bond acceptors (Lipinski definition) is 6. The summed E-state index contributed by atoms with van der Waals surface area (Å²) in [6, 6.07) is -0.320. The maximum absolute atomic E-state index is 12.4. The van der Waals surface area contributed by atoms with Gasteiger partial charge in [-0.1, -0.05) is 12.1 Å². The smallest absolute Gasteiger partial charge is 0.324 e. The van der Waals surface area contributed by atoms with Crippen LogP contribution in [-0.2, 0) is 17.8 Å². The molecule has 0 radical (unpaired) electrons. The van der Waals surface area contributed by atoms with Gasteiger partial charge in [0.1, 0.15) is 5.54 Å². The molecule has 2 fully saturated rings. The quantitative estimate of drug-likeness (QED) is 0.824. The fourth-order valence-corrected chi connectivity index (χ4v) is 3.44. The van der Waals surface area contributed by atoms with Crippen LogP contribution in [0.2, 0.25) is 0 Å². The maximum Gasteiger partial charge on any atom is 0.324 e. The summed E-state index contributed by atoms with van der Waals surface area (Å²) in [5.41, 5.74) is -0.825. The lowest BCUT2D eigenvalue weighted by Crippen LogP contribution is -2.55. The van der Waals surface area contributed by atoms with E-state index in [1.807, 2.05) is 13.8 Å². The third-order valence-electron chi connectivity index (χ3n) is 4.93. The van der Waals surface area contributed by atoms with Gasteiger partial charge in [0.25, 0.3) is 5.91 Å². The molecule has 3 rings (SSSR count). The molecule has 3 amide bonds. The molecule has 2 aliphatic heterocycles. The van der Waals surface area contributed by atoms with E-state index in [4.69, 9.17) is 4.52 Å². The normalized spacial score (nSPS) is 29.2. The van der Waals surface area contributed by atoms with E-state index in [0.717, 1.165) is 32.4 Å². The molecule has 0 unspecified atom stereocenters. The molecule has 126 valence electrons. The molecular formula is C15H23N5O3. The van der Waals surface area contributed by atoms with Crippen molar-refractivity contribution >= 4 is 11.9 Å². The lowest BCUT2D eigenvalue weighted by molar-refractivity contribution is -0.132. The van der Waals surface area contributed by atoms with Gasteiger partial charge in [-0.15, -0.1) is 0 Å². The third kappa shape index (κ3) is 2.83. The molecule has 0 bridgehead atoms. The number of likely N-dealkylation sites (tertiary alicyclic amines) is 1. The Bertz CT molecular complexity index is 616. The minimum Gasteiger partial charge on any atom is -0.338 e. The molecule has 1 aromatic rings. The van der Waals surface area contributed by atoms with Gasteiger partial charge in [-0.3, -0.25) is 14.6 Å². The van der Waals surface area contributed by atoms with Crippen molar-refractivity contribution in [1.82, 2.24) is 25.3 Å². The van der Waals surface area contributed by atoms with Gasteiger partial charge in [0, 0.05) is 25.9 Å². The highest BCUT2D eigenvalue weighted by molar-refractivity contribution is 6.06. The van der Waals surface area contributed by atoms with Gasteiger partial charge in [-0.25, -0.2) is 4.79 Å². The van der Waals surface area contributed by atoms with Gasteiger partial charge in [-0.2, -0.15) is 4.98 Å². The number of urea groups is 1. The Labute approximate surface area is 135 Å². The molecule has 2 atom stereocenters. The average Bonchev–Trinajstić information content (AvgIpc) is 3.07. The van der Waals surface area contributed by atoms with Crippen LogP contribution in [0.25, 0.3) is 0 Å². The number of likely N-dealkylation sites (N-methyl/N-ethyl adjacent to an activating group) is 1. The number of rotatable bonds is 4. The zero-order valence-corrected chi connectivity index (χ0v) is 13.8. The molecule has 0 spiro atoms. The highest BCUT2D eigenvalue weighted by atomic mass is 16.5. The molecule has 3 heterocycles. The van der Waals surface area contributed by atoms with Crippen molar-refractivity contribution in [3.05, 3.63) is 11.7 Å². The van der Waals surface area contributed by atoms with Gasteiger partial charge in [-0.05, 0) is 26.3 Å². The fraction of sp³-hybridized carbons (Fsp3) is 0.733. The second kappa shape index (κ2) is 5.92. The molecule has 0 aliphatic carbocycles. The van der Waals surface area contributed by atoms with E-state index < -0.39 is 5.54 Å². The molecule has 8 heteroatoms. The van der Waals surface area contributed by atoms with Crippen LogP contribution in [0.1, 0.15) is 38.4 Å². The van der Waals surface area contributed by atoms with E-state index in [1.165, 1.54) is 11.9 Å². The van der Waals surface area contributed by atoms with Crippen molar-refractivity contribution in [3.63, 3.8) is 0 Å². The standard InChI is InChI=1S/C15H23N5O3/c1-4-11-16-12(23-18-11)9-20-7-5-6-10(8-20)15(2)13(21)19(3)14(22)17-15/h10H,4-9H2,1-3H3,(H,17,22)/t10-,15+/m0/s1. The predicted octanol–water partition coefficient (Wildman–Crippen LogP) is 0.784. The van der Waals surface area contributed by atoms with Gasteiger partial charge in [0.15, 0.2) is 5.82 Å². The molecule has 8 nitrogen and oxygen atoms in total. The van der Waals surface area contributed by atoms with E-state index in [0.29, 0.717) is 18.3 Å². The SMILES string of the molecule is CCc1noc(CN2CCC[C@H]([C@@]3(C)NC(=O)N(C)C3=O)C2)n1. The first-order valence-electron chi connectivity index (χ1n) is 8.08. The topological polar surface area (TPSA) is 91.6 Å². The number of nitrogens with zero attached hydrogens (tertiary/aromatic N) is 4. The number of aromatic nitrogens is 2. The molecule has 23 heavy (non-hydrogen) atoms. The largest absolute Gasteiger partial charge is 0.338 e. The molecule has 0 saturated carbocycles. The molecule has 1 N–H and O–H groups in total. The summed E-state index contributed by atoms with van der Waals surface area (Å²) in [5, 5.41) is 6.77. The van der Waals surface area contributed by atoms with Crippen LogP contribution in [0, 0.1) is 5.92 Å². The van der Waals surface area contributed by atoms with E-state index in [9.17, 15) is 9.59 Å². The zero-order chi connectivity index (χ0) is 16.6. The van der Waals surface area contributed by atoms with E-state index in [1.54, 1.807) is 0 Å². The van der Waals surface area contributed by atoms with Gasteiger partial charge in [0.2, 0.25) is 5.89 Å². The fourth-order valence-electron chi connectivity index (χ4n) is 3.44. The van der Waals surface area contributed by atoms with Crippen molar-refractivity contribution in [2.45, 2.75) is 45.2 Å². The minimum atomic E-state index is -0.825. The third-order valence-corrected chi connectivity index (χ3v) is 4.93. The first-order chi connectivity index (χ1) is 10.9. The summed E-state index contributed by atoms with van der Waals surface area (Å²) in [6.07, 6.45) is 2.63. The van der Waals surface area contributed by atoms with Crippen molar-refractivity contribution < 1.29 is 14.1 Å². The summed E-state index contributed by atoms with van der Waals surface area (Å²) < 4.78 is 5.25. The Morgan fingerprint density at radius 3 is 2.83 bits per heavy atom. The molecule has 0 aromatic carbocycles. The lowest BCUT2D eigenvalue weighted by Gasteiger charge is -2.39. The molecule has 1 aromatic heterocycles. The highest BCUT2D eigenvalue weighted by Crippen LogP contribution is 2.32. The average molecular weight is 321 g/mol. The van der Waals surface area contributed by atoms with Crippen molar-refractivity contribution in [1.29, 1.82) is 0 Å². The first kappa shape index (κ1) is 15.9. The van der Waals surface area contributed by atoms with Crippen LogP contribution in [0.4, 0.5) is 4.79 Å². The Morgan fingerprint density at radius 1 is 1.43 bits per heavy atom. The number of imide groups is 1. The number of carbonyl (C=O) groups excluding carboxylic acids is 2. The number of carbonyl (C=O) groups is 2. The van der Waals surface area contributed by atoms with Crippen LogP contribution in [0.3, 0.4) is 0 Å². The van der Waals surface area contributed by atoms with Gasteiger partial charge < -0.3 is 9.84 Å². The molecule has 2 saturated heterocycles. The number of piperidine rings is 1. The van der Waals surface area contributed by atoms with Gasteiger partial charge in [0.05, 0.1) is 6.54 Å². The summed E-state index contributed by atoms with van der Waals surface area (Å²) in [7, 11) is 1.52. The Balaban J connectivity index is 1.68. The van der Waals surface area contributed by atoms with Crippen LogP contribution in [0.5, 0.6) is 0 Å². The monoisotopic (exact) mass is 321 g/mol. The number of amides is 3. The second-order valence-electron chi connectivity index (χ2n) is 6.53. The molecule has 2 aliphatic rings. The summed E-state index contributed by atoms with van der Waals surface area (Å²) >= 11 is 0. The summed E-state index contributed by atoms with van der Waals surface area (Å²) in [4.78, 5) is 31.9. The first-order valence-corrected chi connectivity index (χ1v) is 8.08. The van der Waals surface area contributed by atoms with Crippen LogP contribution < -0.4 is 5.32 Å². The summed E-state index contributed by atoms with van der Waals surface area (Å²) in [6.45, 7) is 6.04. The zero-order valence-electron chi connectivity index (χ0n) is 13.8. The lowest BCUT2D eigenvalue weighted by atomic mass is 9.80. The van der Waals surface area contributed by atoms with Crippen LogP contribution >= 0.6 is 0 Å². The number of hydrogen-bond donors (Lipinski definition) is 1. The van der Waals surface area contributed by atoms with Crippen molar-refractivity contribution in [2.75, 3.05) is 20.1 Å².